The molecule has 0 unspecified atom stereocenters. The van der Waals surface area contributed by atoms with Gasteiger partial charge in [0.25, 0.3) is 0 Å². The minimum atomic E-state index is -0.679. The van der Waals surface area contributed by atoms with Gasteiger partial charge in [-0.2, -0.15) is 5.10 Å². The third-order valence-electron chi connectivity index (χ3n) is 3.65. The second-order valence-corrected chi connectivity index (χ2v) is 5.54. The van der Waals surface area contributed by atoms with Gasteiger partial charge in [0.2, 0.25) is 0 Å². The number of hydrogen-bond acceptors (Lipinski definition) is 4. The number of nitrogens with one attached hydrogen (secondary N) is 1. The number of carbonyl (C=O) groups is 2. The summed E-state index contributed by atoms with van der Waals surface area (Å²) in [7, 11) is 0. The van der Waals surface area contributed by atoms with Crippen LogP contribution < -0.4 is 0 Å². The number of rotatable bonds is 5. The molecular formula is C19H15FN2O3. The van der Waals surface area contributed by atoms with Gasteiger partial charge >= 0.3 is 5.97 Å². The van der Waals surface area contributed by atoms with E-state index in [1.54, 1.807) is 6.07 Å². The van der Waals surface area contributed by atoms with Gasteiger partial charge in [-0.05, 0) is 37.3 Å². The summed E-state index contributed by atoms with van der Waals surface area (Å²) in [5, 5.41) is 6.68. The molecule has 0 aliphatic rings. The molecule has 0 aliphatic heterocycles. The Morgan fingerprint density at radius 2 is 1.76 bits per heavy atom. The topological polar surface area (TPSA) is 72.1 Å². The predicted molar refractivity (Wildman–Crippen MR) is 89.8 cm³/mol. The second-order valence-electron chi connectivity index (χ2n) is 5.54. The number of carbonyl (C=O) groups excluding carboxylic acids is 2. The van der Waals surface area contributed by atoms with Crippen LogP contribution in [0, 0.1) is 12.7 Å². The van der Waals surface area contributed by atoms with Crippen LogP contribution in [-0.4, -0.2) is 28.6 Å². The van der Waals surface area contributed by atoms with E-state index in [0.29, 0.717) is 5.69 Å². The van der Waals surface area contributed by atoms with E-state index >= 15 is 0 Å². The Kier molecular flexibility index (Phi) is 4.70. The van der Waals surface area contributed by atoms with E-state index in [1.165, 1.54) is 24.3 Å². The number of halogens is 1. The van der Waals surface area contributed by atoms with Crippen molar-refractivity contribution in [3.05, 3.63) is 77.2 Å². The van der Waals surface area contributed by atoms with Crippen molar-refractivity contribution in [2.45, 2.75) is 6.92 Å². The third kappa shape index (κ3) is 3.98. The standard InChI is InChI=1S/C19H15FN2O3/c1-12-2-4-13(5-3-12)16-10-17(22-21-16)19(24)25-11-18(23)14-6-8-15(20)9-7-14/h2-10H,11H2,1H3,(H,21,22). The number of ketones is 1. The summed E-state index contributed by atoms with van der Waals surface area (Å²) in [6.45, 7) is 1.55. The van der Waals surface area contributed by atoms with Crippen LogP contribution in [0.2, 0.25) is 0 Å². The summed E-state index contributed by atoms with van der Waals surface area (Å²) in [6, 6.07) is 14.3. The molecule has 126 valence electrons. The Morgan fingerprint density at radius 1 is 1.08 bits per heavy atom. The molecule has 5 nitrogen and oxygen atoms in total. The maximum absolute atomic E-state index is 12.8. The first-order valence-corrected chi connectivity index (χ1v) is 7.61. The molecule has 0 aliphatic carbocycles. The second kappa shape index (κ2) is 7.09. The largest absolute Gasteiger partial charge is 0.453 e. The Hall–Kier alpha value is -3.28. The fourth-order valence-corrected chi connectivity index (χ4v) is 2.23. The molecule has 0 radical (unpaired) electrons. The first-order chi connectivity index (χ1) is 12.0. The number of aromatic amines is 1. The normalized spacial score (nSPS) is 10.5. The first-order valence-electron chi connectivity index (χ1n) is 7.61. The van der Waals surface area contributed by atoms with Crippen molar-refractivity contribution in [3.63, 3.8) is 0 Å². The van der Waals surface area contributed by atoms with Gasteiger partial charge in [0.15, 0.2) is 12.4 Å². The van der Waals surface area contributed by atoms with Crippen LogP contribution in [0.15, 0.2) is 54.6 Å². The predicted octanol–water partition coefficient (Wildman–Crippen LogP) is 3.56. The number of nitrogens with zero attached hydrogens (tertiary/aromatic N) is 1. The molecule has 0 saturated carbocycles. The lowest BCUT2D eigenvalue weighted by molar-refractivity contribution is 0.0469. The van der Waals surface area contributed by atoms with Crippen molar-refractivity contribution in [1.29, 1.82) is 0 Å². The number of hydrogen-bond donors (Lipinski definition) is 1. The Bertz CT molecular complexity index is 899. The van der Waals surface area contributed by atoms with Crippen LogP contribution in [0.4, 0.5) is 4.39 Å². The molecule has 0 bridgehead atoms. The van der Waals surface area contributed by atoms with Crippen molar-refractivity contribution >= 4 is 11.8 Å². The van der Waals surface area contributed by atoms with Gasteiger partial charge in [0.1, 0.15) is 11.5 Å². The van der Waals surface area contributed by atoms with E-state index in [4.69, 9.17) is 4.74 Å². The summed E-state index contributed by atoms with van der Waals surface area (Å²) in [6.07, 6.45) is 0. The molecule has 2 aromatic carbocycles. The Balaban J connectivity index is 1.63. The van der Waals surface area contributed by atoms with Gasteiger partial charge in [-0.15, -0.1) is 0 Å². The zero-order valence-corrected chi connectivity index (χ0v) is 13.5. The molecule has 1 aromatic heterocycles. The number of esters is 1. The van der Waals surface area contributed by atoms with Gasteiger partial charge in [0.05, 0.1) is 5.69 Å². The zero-order chi connectivity index (χ0) is 17.8. The lowest BCUT2D eigenvalue weighted by Gasteiger charge is -2.02. The van der Waals surface area contributed by atoms with Crippen molar-refractivity contribution in [2.75, 3.05) is 6.61 Å². The number of H-pyrrole nitrogens is 1. The highest BCUT2D eigenvalue weighted by Gasteiger charge is 2.15. The summed E-state index contributed by atoms with van der Waals surface area (Å²) < 4.78 is 17.8. The monoisotopic (exact) mass is 338 g/mol. The minimum Gasteiger partial charge on any atom is -0.453 e. The minimum absolute atomic E-state index is 0.155. The van der Waals surface area contributed by atoms with E-state index in [-0.39, 0.29) is 11.3 Å². The Labute approximate surface area is 143 Å². The zero-order valence-electron chi connectivity index (χ0n) is 13.5. The molecular weight excluding hydrogens is 323 g/mol. The van der Waals surface area contributed by atoms with Crippen LogP contribution in [-0.2, 0) is 4.74 Å². The SMILES string of the molecule is Cc1ccc(-c2cc(C(=O)OCC(=O)c3ccc(F)cc3)[nH]n2)cc1. The smallest absolute Gasteiger partial charge is 0.356 e. The summed E-state index contributed by atoms with van der Waals surface area (Å²) in [5.74, 6) is -1.53. The molecule has 6 heteroatoms. The van der Waals surface area contributed by atoms with E-state index in [1.807, 2.05) is 31.2 Å². The maximum atomic E-state index is 12.8. The summed E-state index contributed by atoms with van der Waals surface area (Å²) in [5.41, 5.74) is 3.03. The van der Waals surface area contributed by atoms with Gasteiger partial charge < -0.3 is 4.74 Å². The number of Topliss-reactive ketones (excluding diaryl/α,β-unsaturated/α-hetero) is 1. The molecule has 0 saturated heterocycles. The van der Waals surface area contributed by atoms with Crippen molar-refractivity contribution in [3.8, 4) is 11.3 Å². The van der Waals surface area contributed by atoms with Crippen molar-refractivity contribution < 1.29 is 18.7 Å². The molecule has 0 atom stereocenters. The van der Waals surface area contributed by atoms with Crippen molar-refractivity contribution in [1.82, 2.24) is 10.2 Å². The van der Waals surface area contributed by atoms with Crippen LogP contribution in [0.25, 0.3) is 11.3 Å². The molecule has 0 spiro atoms. The number of aryl methyl sites for hydroxylation is 1. The average molecular weight is 338 g/mol. The molecule has 1 heterocycles. The van der Waals surface area contributed by atoms with Crippen molar-refractivity contribution in [2.24, 2.45) is 0 Å². The highest BCUT2D eigenvalue weighted by atomic mass is 19.1. The molecule has 25 heavy (non-hydrogen) atoms. The Morgan fingerprint density at radius 3 is 2.44 bits per heavy atom. The van der Waals surface area contributed by atoms with E-state index < -0.39 is 24.2 Å². The fraction of sp³-hybridized carbons (Fsp3) is 0.105. The number of benzene rings is 2. The summed E-state index contributed by atoms with van der Waals surface area (Å²) in [4.78, 5) is 24.0. The highest BCUT2D eigenvalue weighted by molar-refractivity contribution is 5.99. The highest BCUT2D eigenvalue weighted by Crippen LogP contribution is 2.18. The van der Waals surface area contributed by atoms with E-state index in [2.05, 4.69) is 10.2 Å². The summed E-state index contributed by atoms with van der Waals surface area (Å²) >= 11 is 0. The fourth-order valence-electron chi connectivity index (χ4n) is 2.23. The van der Waals surface area contributed by atoms with Crippen LogP contribution in [0.5, 0.6) is 0 Å². The van der Waals surface area contributed by atoms with E-state index in [0.717, 1.165) is 11.1 Å². The van der Waals surface area contributed by atoms with Gasteiger partial charge in [-0.25, -0.2) is 9.18 Å². The van der Waals surface area contributed by atoms with Crippen LogP contribution in [0.1, 0.15) is 26.4 Å². The lowest BCUT2D eigenvalue weighted by atomic mass is 10.1. The maximum Gasteiger partial charge on any atom is 0.356 e. The molecule has 3 rings (SSSR count). The molecule has 0 amide bonds. The molecule has 1 N–H and O–H groups in total. The lowest BCUT2D eigenvalue weighted by Crippen LogP contribution is -2.14. The van der Waals surface area contributed by atoms with Gasteiger partial charge in [0, 0.05) is 11.1 Å². The number of ether oxygens (including phenoxy) is 1. The molecule has 0 fully saturated rings. The van der Waals surface area contributed by atoms with E-state index in [9.17, 15) is 14.0 Å². The molecule has 3 aromatic rings. The third-order valence-corrected chi connectivity index (χ3v) is 3.65. The first kappa shape index (κ1) is 16.6. The number of aromatic nitrogens is 2. The average Bonchev–Trinajstić information content (AvgIpc) is 3.11. The van der Waals surface area contributed by atoms with Gasteiger partial charge in [-0.3, -0.25) is 9.89 Å². The quantitative estimate of drug-likeness (QED) is 0.570. The van der Waals surface area contributed by atoms with Crippen LogP contribution in [0.3, 0.4) is 0 Å². The van der Waals surface area contributed by atoms with Crippen LogP contribution >= 0.6 is 0 Å². The van der Waals surface area contributed by atoms with Gasteiger partial charge in [-0.1, -0.05) is 29.8 Å².